The summed E-state index contributed by atoms with van der Waals surface area (Å²) in [5.74, 6) is 0.448. The standard InChI is InChI=1S/C16H22N2O4S/c1-10(15-11(2)9-14(19)17-18-15)8-12-6-5-7-13(16(12)22-3)23(4,20)21/h5-8,11,15,18H,9H2,1-4H3,(H,17,19)/b10-8+. The van der Waals surface area contributed by atoms with Crippen LogP contribution in [0.4, 0.5) is 0 Å². The first-order valence-corrected chi connectivity index (χ1v) is 9.22. The maximum atomic E-state index is 11.9. The summed E-state index contributed by atoms with van der Waals surface area (Å²) in [6.07, 6.45) is 3.49. The van der Waals surface area contributed by atoms with Crippen LogP contribution >= 0.6 is 0 Å². The lowest BCUT2D eigenvalue weighted by molar-refractivity contribution is -0.125. The van der Waals surface area contributed by atoms with Crippen LogP contribution in [0.25, 0.3) is 6.08 Å². The smallest absolute Gasteiger partial charge is 0.234 e. The fraction of sp³-hybridized carbons (Fsp3) is 0.438. The summed E-state index contributed by atoms with van der Waals surface area (Å²) in [6.45, 7) is 3.94. The maximum absolute atomic E-state index is 11.9. The summed E-state index contributed by atoms with van der Waals surface area (Å²) in [6, 6.07) is 5.02. The van der Waals surface area contributed by atoms with Crippen LogP contribution in [0.3, 0.4) is 0 Å². The van der Waals surface area contributed by atoms with Crippen molar-refractivity contribution < 1.29 is 17.9 Å². The van der Waals surface area contributed by atoms with E-state index in [0.717, 1.165) is 11.8 Å². The number of para-hydroxylation sites is 1. The highest BCUT2D eigenvalue weighted by molar-refractivity contribution is 7.90. The van der Waals surface area contributed by atoms with Gasteiger partial charge in [-0.3, -0.25) is 10.2 Å². The van der Waals surface area contributed by atoms with E-state index in [0.29, 0.717) is 17.7 Å². The van der Waals surface area contributed by atoms with Gasteiger partial charge in [-0.1, -0.05) is 30.7 Å². The summed E-state index contributed by atoms with van der Waals surface area (Å²) >= 11 is 0. The van der Waals surface area contributed by atoms with Crippen LogP contribution in [0.15, 0.2) is 28.7 Å². The van der Waals surface area contributed by atoms with Crippen molar-refractivity contribution in [3.05, 3.63) is 29.3 Å². The van der Waals surface area contributed by atoms with E-state index in [1.54, 1.807) is 6.07 Å². The predicted molar refractivity (Wildman–Crippen MR) is 88.6 cm³/mol. The maximum Gasteiger partial charge on any atom is 0.234 e. The van der Waals surface area contributed by atoms with Crippen LogP contribution in [0.2, 0.25) is 0 Å². The molecule has 0 spiro atoms. The number of benzene rings is 1. The number of carbonyl (C=O) groups is 1. The van der Waals surface area contributed by atoms with Crippen LogP contribution in [-0.4, -0.2) is 33.7 Å². The molecule has 2 atom stereocenters. The Morgan fingerprint density at radius 1 is 1.39 bits per heavy atom. The molecule has 0 aromatic heterocycles. The molecule has 2 unspecified atom stereocenters. The second-order valence-electron chi connectivity index (χ2n) is 5.89. The Bertz CT molecular complexity index is 740. The molecule has 1 fully saturated rings. The number of nitrogens with one attached hydrogen (secondary N) is 2. The van der Waals surface area contributed by atoms with E-state index in [9.17, 15) is 13.2 Å². The molecule has 126 valence electrons. The number of hydrogen-bond donors (Lipinski definition) is 2. The van der Waals surface area contributed by atoms with Crippen LogP contribution in [0, 0.1) is 5.92 Å². The summed E-state index contributed by atoms with van der Waals surface area (Å²) in [5, 5.41) is 0. The molecule has 1 amide bonds. The van der Waals surface area contributed by atoms with Gasteiger partial charge in [0.1, 0.15) is 10.6 Å². The van der Waals surface area contributed by atoms with Crippen LogP contribution < -0.4 is 15.6 Å². The molecule has 1 aromatic rings. The molecule has 6 nitrogen and oxygen atoms in total. The second kappa shape index (κ2) is 6.72. The Morgan fingerprint density at radius 2 is 2.09 bits per heavy atom. The topological polar surface area (TPSA) is 84.5 Å². The number of sulfone groups is 1. The van der Waals surface area contributed by atoms with Gasteiger partial charge >= 0.3 is 0 Å². The summed E-state index contributed by atoms with van der Waals surface area (Å²) in [7, 11) is -1.92. The highest BCUT2D eigenvalue weighted by Crippen LogP contribution is 2.31. The Kier molecular flexibility index (Phi) is 5.11. The van der Waals surface area contributed by atoms with Crippen molar-refractivity contribution in [3.8, 4) is 5.75 Å². The Balaban J connectivity index is 2.40. The fourth-order valence-corrected chi connectivity index (χ4v) is 3.68. The molecule has 0 saturated carbocycles. The minimum Gasteiger partial charge on any atom is -0.495 e. The van der Waals surface area contributed by atoms with E-state index in [4.69, 9.17) is 4.74 Å². The van der Waals surface area contributed by atoms with Crippen molar-refractivity contribution in [1.82, 2.24) is 10.9 Å². The quantitative estimate of drug-likeness (QED) is 0.870. The first-order valence-electron chi connectivity index (χ1n) is 7.33. The van der Waals surface area contributed by atoms with Crippen molar-refractivity contribution in [3.63, 3.8) is 0 Å². The number of methoxy groups -OCH3 is 1. The second-order valence-corrected chi connectivity index (χ2v) is 7.87. The Morgan fingerprint density at radius 3 is 2.65 bits per heavy atom. The average Bonchev–Trinajstić information content (AvgIpc) is 2.45. The molecule has 1 aliphatic rings. The summed E-state index contributed by atoms with van der Waals surface area (Å²) in [5.41, 5.74) is 7.31. The zero-order valence-electron chi connectivity index (χ0n) is 13.7. The first-order chi connectivity index (χ1) is 10.7. The Labute approximate surface area is 136 Å². The molecular weight excluding hydrogens is 316 g/mol. The van der Waals surface area contributed by atoms with E-state index in [1.165, 1.54) is 13.2 Å². The van der Waals surface area contributed by atoms with Gasteiger partial charge in [-0.2, -0.15) is 0 Å². The number of hydrogen-bond acceptors (Lipinski definition) is 5. The molecule has 7 heteroatoms. The zero-order valence-corrected chi connectivity index (χ0v) is 14.5. The van der Waals surface area contributed by atoms with Gasteiger partial charge in [0, 0.05) is 18.2 Å². The van der Waals surface area contributed by atoms with E-state index < -0.39 is 9.84 Å². The molecule has 0 aliphatic carbocycles. The predicted octanol–water partition coefficient (Wildman–Crippen LogP) is 1.53. The molecular formula is C16H22N2O4S. The number of rotatable bonds is 4. The number of ether oxygens (including phenoxy) is 1. The van der Waals surface area contributed by atoms with Crippen LogP contribution in [-0.2, 0) is 14.6 Å². The molecule has 0 radical (unpaired) electrons. The fourth-order valence-electron chi connectivity index (χ4n) is 2.82. The van der Waals surface area contributed by atoms with Gasteiger partial charge in [-0.15, -0.1) is 0 Å². The van der Waals surface area contributed by atoms with Crippen molar-refractivity contribution >= 4 is 21.8 Å². The molecule has 2 N–H and O–H groups in total. The lowest BCUT2D eigenvalue weighted by atomic mass is 9.90. The van der Waals surface area contributed by atoms with E-state index in [1.807, 2.05) is 26.0 Å². The van der Waals surface area contributed by atoms with Gasteiger partial charge in [0.2, 0.25) is 5.91 Å². The highest BCUT2D eigenvalue weighted by atomic mass is 32.2. The first kappa shape index (κ1) is 17.5. The molecule has 1 aromatic carbocycles. The van der Waals surface area contributed by atoms with Gasteiger partial charge < -0.3 is 4.74 Å². The van der Waals surface area contributed by atoms with Gasteiger partial charge in [-0.05, 0) is 18.9 Å². The van der Waals surface area contributed by atoms with E-state index in [-0.39, 0.29) is 22.8 Å². The molecule has 2 rings (SSSR count). The minimum absolute atomic E-state index is 0.0145. The normalized spacial score (nSPS) is 22.6. The summed E-state index contributed by atoms with van der Waals surface area (Å²) in [4.78, 5) is 11.5. The number of hydrazine groups is 1. The number of amides is 1. The minimum atomic E-state index is -3.37. The van der Waals surface area contributed by atoms with Gasteiger partial charge in [0.15, 0.2) is 9.84 Å². The van der Waals surface area contributed by atoms with Crippen molar-refractivity contribution in [2.75, 3.05) is 13.4 Å². The molecule has 1 saturated heterocycles. The summed E-state index contributed by atoms with van der Waals surface area (Å²) < 4.78 is 29.1. The third kappa shape index (κ3) is 3.92. The zero-order chi connectivity index (χ0) is 17.2. The number of carbonyl (C=O) groups excluding carboxylic acids is 1. The van der Waals surface area contributed by atoms with Gasteiger partial charge in [-0.25, -0.2) is 13.8 Å². The van der Waals surface area contributed by atoms with Crippen molar-refractivity contribution in [1.29, 1.82) is 0 Å². The average molecular weight is 338 g/mol. The van der Waals surface area contributed by atoms with Crippen LogP contribution in [0.5, 0.6) is 5.75 Å². The van der Waals surface area contributed by atoms with E-state index in [2.05, 4.69) is 10.9 Å². The van der Waals surface area contributed by atoms with Gasteiger partial charge in [0.05, 0.1) is 13.2 Å². The lowest BCUT2D eigenvalue weighted by Crippen LogP contribution is -2.53. The molecule has 1 heterocycles. The monoisotopic (exact) mass is 338 g/mol. The third-order valence-electron chi connectivity index (χ3n) is 3.93. The Hall–Kier alpha value is -1.86. The molecule has 23 heavy (non-hydrogen) atoms. The third-order valence-corrected chi connectivity index (χ3v) is 5.05. The highest BCUT2D eigenvalue weighted by Gasteiger charge is 2.26. The van der Waals surface area contributed by atoms with Crippen LogP contribution in [0.1, 0.15) is 25.8 Å². The SMILES string of the molecule is COc1c(/C=C(\C)C2NNC(=O)CC2C)cccc1S(C)(=O)=O. The van der Waals surface area contributed by atoms with E-state index >= 15 is 0 Å². The molecule has 1 aliphatic heterocycles. The largest absolute Gasteiger partial charge is 0.495 e. The van der Waals surface area contributed by atoms with Gasteiger partial charge in [0.25, 0.3) is 0 Å². The van der Waals surface area contributed by atoms with Crippen molar-refractivity contribution in [2.45, 2.75) is 31.2 Å². The van der Waals surface area contributed by atoms with Crippen molar-refractivity contribution in [2.24, 2.45) is 5.92 Å². The lowest BCUT2D eigenvalue weighted by Gasteiger charge is -2.31. The molecule has 0 bridgehead atoms.